The summed E-state index contributed by atoms with van der Waals surface area (Å²) in [5.41, 5.74) is 2.54. The quantitative estimate of drug-likeness (QED) is 0.296. The van der Waals surface area contributed by atoms with Crippen LogP contribution >= 0.6 is 11.8 Å². The van der Waals surface area contributed by atoms with Crippen molar-refractivity contribution in [2.45, 2.75) is 23.9 Å². The van der Waals surface area contributed by atoms with E-state index in [2.05, 4.69) is 15.5 Å². The Kier molecular flexibility index (Phi) is 6.04. The van der Waals surface area contributed by atoms with Crippen LogP contribution in [0.4, 0.5) is 5.69 Å². The van der Waals surface area contributed by atoms with E-state index < -0.39 is 0 Å². The zero-order chi connectivity index (χ0) is 22.6. The van der Waals surface area contributed by atoms with Gasteiger partial charge in [0.2, 0.25) is 5.91 Å². The maximum Gasteiger partial charge on any atom is 0.234 e. The van der Waals surface area contributed by atoms with Gasteiger partial charge in [-0.25, -0.2) is 0 Å². The van der Waals surface area contributed by atoms with E-state index in [1.165, 1.54) is 11.8 Å². The monoisotopic (exact) mass is 454 g/mol. The second-order valence-corrected chi connectivity index (χ2v) is 8.81. The highest BCUT2D eigenvalue weighted by atomic mass is 32.2. The minimum Gasteiger partial charge on any atom is -0.325 e. The fraction of sp³-hybridized carbons (Fsp3) is 0.154. The number of benzene rings is 3. The van der Waals surface area contributed by atoms with Crippen molar-refractivity contribution < 1.29 is 9.59 Å². The zero-order valence-electron chi connectivity index (χ0n) is 17.8. The number of para-hydroxylation sites is 2. The van der Waals surface area contributed by atoms with Crippen molar-refractivity contribution in [2.24, 2.45) is 0 Å². The number of carbonyl (C=O) groups excluding carboxylic acids is 2. The minimum atomic E-state index is -0.205. The van der Waals surface area contributed by atoms with E-state index in [1.807, 2.05) is 53.1 Å². The molecule has 1 amide bonds. The van der Waals surface area contributed by atoms with Gasteiger partial charge in [-0.05, 0) is 37.1 Å². The van der Waals surface area contributed by atoms with Crippen LogP contribution in [0.5, 0.6) is 0 Å². The van der Waals surface area contributed by atoms with Crippen molar-refractivity contribution in [1.82, 2.24) is 14.8 Å². The first-order valence-electron chi connectivity index (χ1n) is 10.8. The maximum absolute atomic E-state index is 12.9. The summed E-state index contributed by atoms with van der Waals surface area (Å²) in [4.78, 5) is 25.7. The summed E-state index contributed by atoms with van der Waals surface area (Å²) in [6.07, 6.45) is 2.23. The molecule has 6 nitrogen and oxygen atoms in total. The fourth-order valence-electron chi connectivity index (χ4n) is 3.65. The van der Waals surface area contributed by atoms with Gasteiger partial charge in [0.15, 0.2) is 10.9 Å². The standard InChI is InChI=1S/C26H22N4O2S/c31-23(27-22-14-8-7-13-21(22)24(32)18-9-3-1-4-10-18)17-33-26-29-28-25(19-15-16-19)30(26)20-11-5-2-6-12-20/h1-14,19H,15-17H2,(H,27,31). The summed E-state index contributed by atoms with van der Waals surface area (Å²) in [5.74, 6) is 1.20. The van der Waals surface area contributed by atoms with E-state index in [9.17, 15) is 9.59 Å². The number of amides is 1. The number of thioether (sulfide) groups is 1. The van der Waals surface area contributed by atoms with Crippen molar-refractivity contribution in [1.29, 1.82) is 0 Å². The van der Waals surface area contributed by atoms with Crippen LogP contribution in [0.2, 0.25) is 0 Å². The maximum atomic E-state index is 12.9. The van der Waals surface area contributed by atoms with Gasteiger partial charge >= 0.3 is 0 Å². The lowest BCUT2D eigenvalue weighted by Crippen LogP contribution is -2.17. The molecule has 0 unspecified atom stereocenters. The lowest BCUT2D eigenvalue weighted by atomic mass is 10.0. The molecule has 1 aliphatic carbocycles. The topological polar surface area (TPSA) is 76.9 Å². The van der Waals surface area contributed by atoms with Crippen LogP contribution in [-0.2, 0) is 4.79 Å². The number of anilines is 1. The molecule has 1 aliphatic rings. The first-order chi connectivity index (χ1) is 16.2. The third kappa shape index (κ3) is 4.73. The molecule has 1 heterocycles. The molecule has 0 spiro atoms. The number of nitrogens with one attached hydrogen (secondary N) is 1. The largest absolute Gasteiger partial charge is 0.325 e. The number of aromatic nitrogens is 3. The Morgan fingerprint density at radius 2 is 1.55 bits per heavy atom. The molecule has 164 valence electrons. The molecule has 1 fully saturated rings. The third-order valence-electron chi connectivity index (χ3n) is 5.43. The van der Waals surface area contributed by atoms with E-state index in [-0.39, 0.29) is 17.4 Å². The van der Waals surface area contributed by atoms with Gasteiger partial charge in [-0.15, -0.1) is 10.2 Å². The van der Waals surface area contributed by atoms with Crippen LogP contribution in [0.1, 0.15) is 40.5 Å². The van der Waals surface area contributed by atoms with E-state index in [1.54, 1.807) is 36.4 Å². The van der Waals surface area contributed by atoms with Gasteiger partial charge in [0.05, 0.1) is 11.4 Å². The Bertz CT molecular complexity index is 1280. The van der Waals surface area contributed by atoms with Crippen LogP contribution in [-0.4, -0.2) is 32.2 Å². The highest BCUT2D eigenvalue weighted by Crippen LogP contribution is 2.41. The average Bonchev–Trinajstić information content (AvgIpc) is 3.62. The van der Waals surface area contributed by atoms with Crippen LogP contribution in [0, 0.1) is 0 Å². The van der Waals surface area contributed by atoms with Gasteiger partial charge in [0.1, 0.15) is 5.82 Å². The average molecular weight is 455 g/mol. The number of hydrogen-bond donors (Lipinski definition) is 1. The Morgan fingerprint density at radius 3 is 2.27 bits per heavy atom. The lowest BCUT2D eigenvalue weighted by molar-refractivity contribution is -0.113. The van der Waals surface area contributed by atoms with Crippen molar-refractivity contribution >= 4 is 29.1 Å². The number of hydrogen-bond acceptors (Lipinski definition) is 5. The lowest BCUT2D eigenvalue weighted by Gasteiger charge is -2.11. The van der Waals surface area contributed by atoms with Crippen molar-refractivity contribution in [3.8, 4) is 5.69 Å². The van der Waals surface area contributed by atoms with Crippen molar-refractivity contribution in [3.63, 3.8) is 0 Å². The molecule has 3 aromatic carbocycles. The van der Waals surface area contributed by atoms with Crippen LogP contribution in [0.3, 0.4) is 0 Å². The molecule has 4 aromatic rings. The summed E-state index contributed by atoms with van der Waals surface area (Å²) in [5, 5.41) is 12.3. The molecule has 0 aliphatic heterocycles. The number of ketones is 1. The van der Waals surface area contributed by atoms with E-state index in [4.69, 9.17) is 0 Å². The minimum absolute atomic E-state index is 0.128. The molecule has 1 aromatic heterocycles. The predicted molar refractivity (Wildman–Crippen MR) is 129 cm³/mol. The summed E-state index contributed by atoms with van der Waals surface area (Å²) >= 11 is 1.34. The third-order valence-corrected chi connectivity index (χ3v) is 6.36. The van der Waals surface area contributed by atoms with Crippen LogP contribution < -0.4 is 5.32 Å². The van der Waals surface area contributed by atoms with Crippen molar-refractivity contribution in [3.05, 3.63) is 102 Å². The van der Waals surface area contributed by atoms with Crippen LogP contribution in [0.25, 0.3) is 5.69 Å². The second-order valence-electron chi connectivity index (χ2n) is 7.86. The van der Waals surface area contributed by atoms with Gasteiger partial charge in [-0.1, -0.05) is 72.4 Å². The number of carbonyl (C=O) groups is 2. The Balaban J connectivity index is 1.31. The number of nitrogens with zero attached hydrogens (tertiary/aromatic N) is 3. The first-order valence-corrected chi connectivity index (χ1v) is 11.8. The molecule has 33 heavy (non-hydrogen) atoms. The summed E-state index contributed by atoms with van der Waals surface area (Å²) < 4.78 is 2.04. The van der Waals surface area contributed by atoms with Gasteiger partial charge < -0.3 is 5.32 Å². The van der Waals surface area contributed by atoms with Crippen LogP contribution in [0.15, 0.2) is 90.1 Å². The highest BCUT2D eigenvalue weighted by molar-refractivity contribution is 7.99. The molecule has 0 atom stereocenters. The molecular formula is C26H22N4O2S. The summed E-state index contributed by atoms with van der Waals surface area (Å²) in [7, 11) is 0. The SMILES string of the molecule is O=C(CSc1nnc(C2CC2)n1-c1ccccc1)Nc1ccccc1C(=O)c1ccccc1. The molecule has 1 saturated carbocycles. The molecular weight excluding hydrogens is 432 g/mol. The molecule has 7 heteroatoms. The molecule has 0 saturated heterocycles. The first kappa shape index (κ1) is 21.2. The Labute approximate surface area is 196 Å². The second kappa shape index (κ2) is 9.42. The smallest absolute Gasteiger partial charge is 0.234 e. The van der Waals surface area contributed by atoms with E-state index >= 15 is 0 Å². The predicted octanol–water partition coefficient (Wildman–Crippen LogP) is 5.11. The van der Waals surface area contributed by atoms with Gasteiger partial charge in [0.25, 0.3) is 0 Å². The Hall–Kier alpha value is -3.71. The van der Waals surface area contributed by atoms with Gasteiger partial charge in [-0.3, -0.25) is 14.2 Å². The Morgan fingerprint density at radius 1 is 0.879 bits per heavy atom. The molecule has 0 radical (unpaired) electrons. The number of rotatable bonds is 8. The van der Waals surface area contributed by atoms with Gasteiger partial charge in [-0.2, -0.15) is 0 Å². The molecule has 0 bridgehead atoms. The van der Waals surface area contributed by atoms with E-state index in [0.717, 1.165) is 24.4 Å². The van der Waals surface area contributed by atoms with Gasteiger partial charge in [0, 0.05) is 22.7 Å². The highest BCUT2D eigenvalue weighted by Gasteiger charge is 2.31. The normalized spacial score (nSPS) is 13.0. The molecule has 1 N–H and O–H groups in total. The summed E-state index contributed by atoms with van der Waals surface area (Å²) in [6.45, 7) is 0. The summed E-state index contributed by atoms with van der Waals surface area (Å²) in [6, 6.07) is 26.1. The zero-order valence-corrected chi connectivity index (χ0v) is 18.7. The van der Waals surface area contributed by atoms with E-state index in [0.29, 0.717) is 27.9 Å². The fourth-order valence-corrected chi connectivity index (χ4v) is 4.41. The van der Waals surface area contributed by atoms with Crippen molar-refractivity contribution in [2.75, 3.05) is 11.1 Å². The molecule has 5 rings (SSSR count).